The van der Waals surface area contributed by atoms with Gasteiger partial charge >= 0.3 is 0 Å². The zero-order chi connectivity index (χ0) is 9.68. The Balaban J connectivity index is 2.75. The van der Waals surface area contributed by atoms with Crippen molar-refractivity contribution in [1.29, 1.82) is 0 Å². The summed E-state index contributed by atoms with van der Waals surface area (Å²) in [4.78, 5) is 10.5. The second kappa shape index (κ2) is 5.17. The quantitative estimate of drug-likeness (QED) is 0.757. The van der Waals surface area contributed by atoms with Crippen molar-refractivity contribution in [3.63, 3.8) is 0 Å². The molecule has 1 heterocycles. The molecular formula is C9H14BrN3. The van der Waals surface area contributed by atoms with E-state index in [4.69, 9.17) is 0 Å². The molecule has 1 aromatic rings. The minimum Gasteiger partial charge on any atom is -0.359 e. The number of nitrogens with zero attached hydrogens (tertiary/aromatic N) is 3. The normalized spacial score (nSPS) is 10.1. The van der Waals surface area contributed by atoms with Gasteiger partial charge in [-0.1, -0.05) is 22.9 Å². The van der Waals surface area contributed by atoms with Crippen LogP contribution in [0, 0.1) is 0 Å². The molecule has 0 atom stereocenters. The summed E-state index contributed by atoms with van der Waals surface area (Å²) in [6.45, 7) is 3.05. The van der Waals surface area contributed by atoms with E-state index in [1.54, 1.807) is 6.33 Å². The van der Waals surface area contributed by atoms with Crippen molar-refractivity contribution in [2.75, 3.05) is 23.8 Å². The molecule has 0 aliphatic rings. The molecule has 0 spiro atoms. The molecule has 0 radical (unpaired) electrons. The van der Waals surface area contributed by atoms with Gasteiger partial charge in [-0.25, -0.2) is 9.97 Å². The number of alkyl halides is 1. The number of hydrogen-bond donors (Lipinski definition) is 0. The van der Waals surface area contributed by atoms with E-state index in [9.17, 15) is 0 Å². The molecule has 0 aliphatic carbocycles. The van der Waals surface area contributed by atoms with Crippen LogP contribution in [-0.2, 0) is 6.42 Å². The van der Waals surface area contributed by atoms with Crippen LogP contribution in [0.5, 0.6) is 0 Å². The van der Waals surface area contributed by atoms with Crippen LogP contribution < -0.4 is 4.90 Å². The highest BCUT2D eigenvalue weighted by molar-refractivity contribution is 9.09. The Hall–Kier alpha value is -0.640. The van der Waals surface area contributed by atoms with Gasteiger partial charge in [0, 0.05) is 30.7 Å². The van der Waals surface area contributed by atoms with E-state index in [-0.39, 0.29) is 0 Å². The highest BCUT2D eigenvalue weighted by atomic mass is 79.9. The largest absolute Gasteiger partial charge is 0.359 e. The highest BCUT2D eigenvalue weighted by Gasteiger charge is 2.01. The van der Waals surface area contributed by atoms with Crippen LogP contribution in [0.15, 0.2) is 12.4 Å². The predicted octanol–water partition coefficient (Wildman–Crippen LogP) is 1.87. The van der Waals surface area contributed by atoms with Crippen molar-refractivity contribution >= 4 is 21.7 Å². The number of anilines is 1. The molecule has 1 rings (SSSR count). The molecule has 0 saturated carbocycles. The molecule has 3 nitrogen and oxygen atoms in total. The Morgan fingerprint density at radius 1 is 1.46 bits per heavy atom. The van der Waals surface area contributed by atoms with Crippen molar-refractivity contribution < 1.29 is 0 Å². The third-order valence-electron chi connectivity index (χ3n) is 1.88. The number of halogens is 1. The average Bonchev–Trinajstić information content (AvgIpc) is 2.18. The molecule has 1 aromatic heterocycles. The van der Waals surface area contributed by atoms with Gasteiger partial charge in [0.05, 0.1) is 0 Å². The Morgan fingerprint density at radius 3 is 2.85 bits per heavy atom. The lowest BCUT2D eigenvalue weighted by atomic mass is 10.3. The molecule has 0 amide bonds. The van der Waals surface area contributed by atoms with Crippen molar-refractivity contribution in [2.45, 2.75) is 13.3 Å². The fourth-order valence-electron chi connectivity index (χ4n) is 1.03. The van der Waals surface area contributed by atoms with Gasteiger partial charge in [-0.2, -0.15) is 0 Å². The number of aromatic nitrogens is 2. The van der Waals surface area contributed by atoms with Crippen molar-refractivity contribution in [3.8, 4) is 0 Å². The maximum absolute atomic E-state index is 4.20. The molecule has 0 fully saturated rings. The first-order valence-corrected chi connectivity index (χ1v) is 5.48. The van der Waals surface area contributed by atoms with Gasteiger partial charge < -0.3 is 4.90 Å². The smallest absolute Gasteiger partial charge is 0.131 e. The van der Waals surface area contributed by atoms with E-state index in [1.807, 2.05) is 13.1 Å². The summed E-state index contributed by atoms with van der Waals surface area (Å²) in [7, 11) is 2.03. The molecular weight excluding hydrogens is 230 g/mol. The first-order chi connectivity index (χ1) is 6.27. The Morgan fingerprint density at radius 2 is 2.23 bits per heavy atom. The number of aryl methyl sites for hydroxylation is 1. The van der Waals surface area contributed by atoms with Gasteiger partial charge in [0.25, 0.3) is 0 Å². The second-order valence-electron chi connectivity index (χ2n) is 2.83. The summed E-state index contributed by atoms with van der Waals surface area (Å²) in [5, 5.41) is 0.953. The molecule has 13 heavy (non-hydrogen) atoms. The van der Waals surface area contributed by atoms with Gasteiger partial charge in [-0.05, 0) is 6.42 Å². The van der Waals surface area contributed by atoms with Crippen LogP contribution in [0.3, 0.4) is 0 Å². The van der Waals surface area contributed by atoms with Crippen LogP contribution in [0.1, 0.15) is 12.6 Å². The van der Waals surface area contributed by atoms with Crippen LogP contribution in [-0.4, -0.2) is 28.9 Å². The summed E-state index contributed by atoms with van der Waals surface area (Å²) in [6.07, 6.45) is 2.58. The van der Waals surface area contributed by atoms with E-state index in [0.717, 1.165) is 29.8 Å². The molecule has 0 bridgehead atoms. The lowest BCUT2D eigenvalue weighted by molar-refractivity contribution is 0.916. The van der Waals surface area contributed by atoms with Crippen molar-refractivity contribution in [3.05, 3.63) is 18.1 Å². The predicted molar refractivity (Wildman–Crippen MR) is 58.5 cm³/mol. The molecule has 0 unspecified atom stereocenters. The SMILES string of the molecule is CCc1cc(N(C)CCBr)ncn1. The van der Waals surface area contributed by atoms with E-state index in [0.29, 0.717) is 0 Å². The van der Waals surface area contributed by atoms with Gasteiger partial charge in [-0.15, -0.1) is 0 Å². The van der Waals surface area contributed by atoms with E-state index >= 15 is 0 Å². The van der Waals surface area contributed by atoms with Crippen LogP contribution in [0.4, 0.5) is 5.82 Å². The third kappa shape index (κ3) is 2.95. The molecule has 0 N–H and O–H groups in total. The fourth-order valence-corrected chi connectivity index (χ4v) is 1.56. The summed E-state index contributed by atoms with van der Waals surface area (Å²) >= 11 is 3.40. The average molecular weight is 244 g/mol. The van der Waals surface area contributed by atoms with Gasteiger partial charge in [-0.3, -0.25) is 0 Å². The topological polar surface area (TPSA) is 29.0 Å². The van der Waals surface area contributed by atoms with E-state index in [1.165, 1.54) is 0 Å². The molecule has 72 valence electrons. The summed E-state index contributed by atoms with van der Waals surface area (Å²) in [5.74, 6) is 0.992. The molecule has 0 aliphatic heterocycles. The number of hydrogen-bond acceptors (Lipinski definition) is 3. The maximum Gasteiger partial charge on any atom is 0.131 e. The van der Waals surface area contributed by atoms with E-state index < -0.39 is 0 Å². The minimum atomic E-state index is 0.953. The van der Waals surface area contributed by atoms with Crippen molar-refractivity contribution in [2.24, 2.45) is 0 Å². The molecule has 4 heteroatoms. The van der Waals surface area contributed by atoms with E-state index in [2.05, 4.69) is 37.7 Å². The standard InChI is InChI=1S/C9H14BrN3/c1-3-8-6-9(12-7-11-8)13(2)5-4-10/h6-7H,3-5H2,1-2H3. The lowest BCUT2D eigenvalue weighted by Gasteiger charge is -2.16. The third-order valence-corrected chi connectivity index (χ3v) is 2.24. The summed E-state index contributed by atoms with van der Waals surface area (Å²) in [5.41, 5.74) is 1.09. The van der Waals surface area contributed by atoms with Crippen molar-refractivity contribution in [1.82, 2.24) is 9.97 Å². The second-order valence-corrected chi connectivity index (χ2v) is 3.62. The van der Waals surface area contributed by atoms with Crippen LogP contribution >= 0.6 is 15.9 Å². The molecule has 0 saturated heterocycles. The summed E-state index contributed by atoms with van der Waals surface area (Å²) < 4.78 is 0. The highest BCUT2D eigenvalue weighted by Crippen LogP contribution is 2.09. The van der Waals surface area contributed by atoms with Crippen LogP contribution in [0.25, 0.3) is 0 Å². The Labute approximate surface area is 87.3 Å². The first kappa shape index (κ1) is 10.4. The Kier molecular flexibility index (Phi) is 4.15. The van der Waals surface area contributed by atoms with Gasteiger partial charge in [0.2, 0.25) is 0 Å². The zero-order valence-electron chi connectivity index (χ0n) is 8.00. The first-order valence-electron chi connectivity index (χ1n) is 4.36. The maximum atomic E-state index is 4.20. The van der Waals surface area contributed by atoms with Gasteiger partial charge in [0.15, 0.2) is 0 Å². The minimum absolute atomic E-state index is 0.953. The zero-order valence-corrected chi connectivity index (χ0v) is 9.58. The summed E-state index contributed by atoms with van der Waals surface area (Å²) in [6, 6.07) is 2.03. The fraction of sp³-hybridized carbons (Fsp3) is 0.556. The molecule has 0 aromatic carbocycles. The van der Waals surface area contributed by atoms with Crippen LogP contribution in [0.2, 0.25) is 0 Å². The monoisotopic (exact) mass is 243 g/mol. The lowest BCUT2D eigenvalue weighted by Crippen LogP contribution is -2.20. The Bertz CT molecular complexity index is 265. The number of rotatable bonds is 4. The van der Waals surface area contributed by atoms with Gasteiger partial charge in [0.1, 0.15) is 12.1 Å².